The number of hydrogen-bond donors (Lipinski definition) is 1. The number of aromatic nitrogens is 2. The Labute approximate surface area is 168 Å². The summed E-state index contributed by atoms with van der Waals surface area (Å²) in [6, 6.07) is 20.1. The van der Waals surface area contributed by atoms with Crippen LogP contribution in [0.3, 0.4) is 0 Å². The molecule has 0 unspecified atom stereocenters. The maximum Gasteiger partial charge on any atom is 0.231 e. The Morgan fingerprint density at radius 2 is 1.90 bits per heavy atom. The third kappa shape index (κ3) is 3.05. The Morgan fingerprint density at radius 1 is 1.07 bits per heavy atom. The molecule has 0 atom stereocenters. The topological polar surface area (TPSA) is 60.1 Å². The monoisotopic (exact) mass is 383 g/mol. The lowest BCUT2D eigenvalue weighted by Gasteiger charge is -2.09. The molecule has 0 spiro atoms. The molecule has 0 saturated heterocycles. The molecule has 0 aliphatic carbocycles. The van der Waals surface area contributed by atoms with Crippen LogP contribution in [-0.2, 0) is 17.8 Å². The molecule has 5 heteroatoms. The van der Waals surface area contributed by atoms with Gasteiger partial charge in [0.05, 0.1) is 23.7 Å². The summed E-state index contributed by atoms with van der Waals surface area (Å²) in [5.74, 6) is 0.490. The number of imidazole rings is 1. The summed E-state index contributed by atoms with van der Waals surface area (Å²) in [5.41, 5.74) is 3.59. The number of carbonyl (C=O) groups excluding carboxylic acids is 1. The van der Waals surface area contributed by atoms with Gasteiger partial charge < -0.3 is 8.98 Å². The highest BCUT2D eigenvalue weighted by Gasteiger charge is 2.16. The van der Waals surface area contributed by atoms with Crippen molar-refractivity contribution in [3.05, 3.63) is 72.5 Å². The Kier molecular flexibility index (Phi) is 4.28. The van der Waals surface area contributed by atoms with Crippen LogP contribution in [0, 0.1) is 0 Å². The van der Waals surface area contributed by atoms with Crippen molar-refractivity contribution in [1.29, 1.82) is 0 Å². The van der Waals surface area contributed by atoms with Crippen LogP contribution >= 0.6 is 0 Å². The lowest BCUT2D eigenvalue weighted by molar-refractivity contribution is -0.115. The lowest BCUT2D eigenvalue weighted by Crippen LogP contribution is -2.17. The zero-order valence-electron chi connectivity index (χ0n) is 16.2. The van der Waals surface area contributed by atoms with Crippen molar-refractivity contribution in [3.8, 4) is 0 Å². The van der Waals surface area contributed by atoms with E-state index < -0.39 is 0 Å². The first-order valence-electron chi connectivity index (χ1n) is 9.87. The standard InChI is InChI=1S/C24H21N3O2/c1-2-13-27-20-10-6-5-9-19(20)25-24(27)26-22(28)14-17-15-29-21-12-11-16-7-3-4-8-18(16)23(17)21/h3-12,15H,2,13-14H2,1H3,(H,25,26,28). The normalized spacial score (nSPS) is 11.5. The van der Waals surface area contributed by atoms with Crippen LogP contribution in [0.4, 0.5) is 5.95 Å². The van der Waals surface area contributed by atoms with Crippen molar-refractivity contribution in [1.82, 2.24) is 9.55 Å². The molecule has 2 heterocycles. The van der Waals surface area contributed by atoms with E-state index in [9.17, 15) is 4.79 Å². The van der Waals surface area contributed by atoms with Crippen molar-refractivity contribution in [2.75, 3.05) is 5.32 Å². The minimum atomic E-state index is -0.103. The highest BCUT2D eigenvalue weighted by molar-refractivity contribution is 6.09. The zero-order chi connectivity index (χ0) is 19.8. The first-order valence-corrected chi connectivity index (χ1v) is 9.87. The van der Waals surface area contributed by atoms with Crippen molar-refractivity contribution < 1.29 is 9.21 Å². The second kappa shape index (κ2) is 7.09. The molecule has 5 rings (SSSR count). The quantitative estimate of drug-likeness (QED) is 0.434. The Hall–Kier alpha value is -3.60. The molecule has 0 fully saturated rings. The zero-order valence-corrected chi connectivity index (χ0v) is 16.2. The number of carbonyl (C=O) groups is 1. The molecule has 5 aromatic rings. The molecule has 3 aromatic carbocycles. The van der Waals surface area contributed by atoms with Gasteiger partial charge in [0.1, 0.15) is 5.58 Å². The highest BCUT2D eigenvalue weighted by Crippen LogP contribution is 2.30. The van der Waals surface area contributed by atoms with Crippen LogP contribution in [0.15, 0.2) is 71.3 Å². The minimum Gasteiger partial charge on any atom is -0.464 e. The fourth-order valence-electron chi connectivity index (χ4n) is 3.97. The van der Waals surface area contributed by atoms with E-state index in [4.69, 9.17) is 4.42 Å². The van der Waals surface area contributed by atoms with E-state index >= 15 is 0 Å². The number of para-hydroxylation sites is 2. The summed E-state index contributed by atoms with van der Waals surface area (Å²) in [5, 5.41) is 6.24. The Bertz CT molecular complexity index is 1350. The number of nitrogens with one attached hydrogen (secondary N) is 1. The SMILES string of the molecule is CCCn1c(NC(=O)Cc2coc3ccc4ccccc4c23)nc2ccccc21. The number of nitrogens with zero attached hydrogens (tertiary/aromatic N) is 2. The predicted molar refractivity (Wildman–Crippen MR) is 116 cm³/mol. The number of hydrogen-bond acceptors (Lipinski definition) is 3. The summed E-state index contributed by atoms with van der Waals surface area (Å²) in [7, 11) is 0. The minimum absolute atomic E-state index is 0.103. The summed E-state index contributed by atoms with van der Waals surface area (Å²) in [6.07, 6.45) is 2.88. The molecule has 1 amide bonds. The third-order valence-corrected chi connectivity index (χ3v) is 5.24. The molecule has 1 N–H and O–H groups in total. The van der Waals surface area contributed by atoms with Gasteiger partial charge >= 0.3 is 0 Å². The smallest absolute Gasteiger partial charge is 0.231 e. The molecule has 2 aromatic heterocycles. The van der Waals surface area contributed by atoms with Gasteiger partial charge in [-0.1, -0.05) is 49.4 Å². The average Bonchev–Trinajstić information content (AvgIpc) is 3.30. The van der Waals surface area contributed by atoms with Gasteiger partial charge in [0.25, 0.3) is 0 Å². The van der Waals surface area contributed by atoms with Crippen molar-refractivity contribution in [2.45, 2.75) is 26.3 Å². The van der Waals surface area contributed by atoms with Gasteiger partial charge in [0.15, 0.2) is 0 Å². The van der Waals surface area contributed by atoms with Gasteiger partial charge in [-0.2, -0.15) is 0 Å². The number of aryl methyl sites for hydroxylation is 1. The van der Waals surface area contributed by atoms with E-state index in [0.29, 0.717) is 5.95 Å². The summed E-state index contributed by atoms with van der Waals surface area (Å²) >= 11 is 0. The van der Waals surface area contributed by atoms with Crippen LogP contribution in [0.1, 0.15) is 18.9 Å². The fourth-order valence-corrected chi connectivity index (χ4v) is 3.97. The number of benzene rings is 3. The van der Waals surface area contributed by atoms with E-state index in [0.717, 1.165) is 51.3 Å². The van der Waals surface area contributed by atoms with Crippen molar-refractivity contribution in [3.63, 3.8) is 0 Å². The van der Waals surface area contributed by atoms with Gasteiger partial charge in [0, 0.05) is 17.5 Å². The molecule has 0 aliphatic rings. The van der Waals surface area contributed by atoms with E-state index in [1.54, 1.807) is 6.26 Å². The predicted octanol–water partition coefficient (Wildman–Crippen LogP) is 5.53. The molecular weight excluding hydrogens is 362 g/mol. The van der Waals surface area contributed by atoms with Crippen LogP contribution in [-0.4, -0.2) is 15.5 Å². The first kappa shape index (κ1) is 17.5. The van der Waals surface area contributed by atoms with Gasteiger partial charge in [-0.25, -0.2) is 4.98 Å². The van der Waals surface area contributed by atoms with E-state index in [1.807, 2.05) is 48.5 Å². The number of amides is 1. The Morgan fingerprint density at radius 3 is 2.79 bits per heavy atom. The van der Waals surface area contributed by atoms with E-state index in [1.165, 1.54) is 0 Å². The van der Waals surface area contributed by atoms with Crippen LogP contribution in [0.5, 0.6) is 0 Å². The van der Waals surface area contributed by atoms with Crippen molar-refractivity contribution in [2.24, 2.45) is 0 Å². The van der Waals surface area contributed by atoms with Crippen LogP contribution in [0.25, 0.3) is 32.8 Å². The summed E-state index contributed by atoms with van der Waals surface area (Å²) < 4.78 is 7.78. The molecule has 144 valence electrons. The highest BCUT2D eigenvalue weighted by atomic mass is 16.3. The number of anilines is 1. The van der Waals surface area contributed by atoms with E-state index in [2.05, 4.69) is 33.9 Å². The molecule has 0 radical (unpaired) electrons. The average molecular weight is 383 g/mol. The first-order chi connectivity index (χ1) is 14.2. The summed E-state index contributed by atoms with van der Waals surface area (Å²) in [6.45, 7) is 2.92. The molecule has 5 nitrogen and oxygen atoms in total. The van der Waals surface area contributed by atoms with Gasteiger partial charge in [-0.05, 0) is 35.4 Å². The van der Waals surface area contributed by atoms with Crippen LogP contribution in [0.2, 0.25) is 0 Å². The molecule has 0 saturated carbocycles. The maximum absolute atomic E-state index is 12.9. The number of rotatable bonds is 5. The maximum atomic E-state index is 12.9. The fraction of sp³-hybridized carbons (Fsp3) is 0.167. The second-order valence-corrected chi connectivity index (χ2v) is 7.22. The lowest BCUT2D eigenvalue weighted by atomic mass is 10.0. The molecular formula is C24H21N3O2. The summed E-state index contributed by atoms with van der Waals surface area (Å²) in [4.78, 5) is 17.5. The third-order valence-electron chi connectivity index (χ3n) is 5.24. The van der Waals surface area contributed by atoms with Crippen molar-refractivity contribution >= 4 is 44.6 Å². The van der Waals surface area contributed by atoms with E-state index in [-0.39, 0.29) is 12.3 Å². The molecule has 29 heavy (non-hydrogen) atoms. The van der Waals surface area contributed by atoms with Gasteiger partial charge in [-0.15, -0.1) is 0 Å². The molecule has 0 bridgehead atoms. The second-order valence-electron chi connectivity index (χ2n) is 7.22. The number of furan rings is 1. The van der Waals surface area contributed by atoms with Gasteiger partial charge in [0.2, 0.25) is 11.9 Å². The molecule has 0 aliphatic heterocycles. The van der Waals surface area contributed by atoms with Gasteiger partial charge in [-0.3, -0.25) is 10.1 Å². The largest absolute Gasteiger partial charge is 0.464 e. The number of fused-ring (bicyclic) bond motifs is 4. The van der Waals surface area contributed by atoms with Crippen LogP contribution < -0.4 is 5.32 Å². The Balaban J connectivity index is 1.48.